The van der Waals surface area contributed by atoms with Crippen LogP contribution < -0.4 is 9.46 Å². The number of hydrogen-bond acceptors (Lipinski definition) is 8. The summed E-state index contributed by atoms with van der Waals surface area (Å²) < 4.78 is 38.0. The van der Waals surface area contributed by atoms with E-state index < -0.39 is 34.0 Å². The molecule has 0 atom stereocenters. The lowest BCUT2D eigenvalue weighted by molar-refractivity contribution is -0.134. The monoisotopic (exact) mass is 450 g/mol. The van der Waals surface area contributed by atoms with Crippen molar-refractivity contribution in [2.45, 2.75) is 44.0 Å². The van der Waals surface area contributed by atoms with Crippen LogP contribution >= 0.6 is 0 Å². The maximum atomic E-state index is 12.7. The van der Waals surface area contributed by atoms with Gasteiger partial charge in [0.15, 0.2) is 6.61 Å². The van der Waals surface area contributed by atoms with E-state index in [4.69, 9.17) is 20.0 Å². The Hall–Kier alpha value is -3.15. The molecule has 0 radical (unpaired) electrons. The van der Waals surface area contributed by atoms with Gasteiger partial charge >= 0.3 is 5.97 Å². The molecular formula is C20H26N4O6S. The number of sulfonamides is 1. The highest BCUT2D eigenvalue weighted by Gasteiger charge is 2.27. The van der Waals surface area contributed by atoms with Crippen LogP contribution in [0.25, 0.3) is 0 Å². The van der Waals surface area contributed by atoms with E-state index in [1.807, 2.05) is 12.1 Å². The van der Waals surface area contributed by atoms with Crippen LogP contribution in [-0.4, -0.2) is 57.5 Å². The van der Waals surface area contributed by atoms with Crippen LogP contribution in [0.4, 0.5) is 0 Å². The van der Waals surface area contributed by atoms with Crippen LogP contribution in [0.5, 0.6) is 5.75 Å². The average Bonchev–Trinajstić information content (AvgIpc) is 2.69. The van der Waals surface area contributed by atoms with E-state index in [1.54, 1.807) is 20.8 Å². The van der Waals surface area contributed by atoms with E-state index in [2.05, 4.69) is 4.72 Å². The normalized spacial score (nSPS) is 11.2. The standard InChI is InChI=1S/C20H26N4O6S/c1-20(2,3)23-31(27,28)17-13-15(7-8-16(17)29-4)19(26)30-14-18(25)24(11-5-9-21)12-6-10-22/h7-8,13,23H,5-6,11-12,14H2,1-4H3. The lowest BCUT2D eigenvalue weighted by Crippen LogP contribution is -2.40. The van der Waals surface area contributed by atoms with Crippen LogP contribution in [0.1, 0.15) is 44.0 Å². The van der Waals surface area contributed by atoms with Gasteiger partial charge in [-0.25, -0.2) is 17.9 Å². The number of benzene rings is 1. The molecule has 0 fully saturated rings. The summed E-state index contributed by atoms with van der Waals surface area (Å²) in [6.45, 7) is 4.63. The number of esters is 1. The second kappa shape index (κ2) is 11.3. The van der Waals surface area contributed by atoms with Gasteiger partial charge in [-0.1, -0.05) is 0 Å². The first-order valence-corrected chi connectivity index (χ1v) is 10.8. The third kappa shape index (κ3) is 8.24. The van der Waals surface area contributed by atoms with Gasteiger partial charge in [0.05, 0.1) is 37.7 Å². The number of nitrogens with one attached hydrogen (secondary N) is 1. The minimum Gasteiger partial charge on any atom is -0.495 e. The van der Waals surface area contributed by atoms with Gasteiger partial charge in [-0.2, -0.15) is 10.5 Å². The molecule has 0 bridgehead atoms. The highest BCUT2D eigenvalue weighted by molar-refractivity contribution is 7.89. The highest BCUT2D eigenvalue weighted by Crippen LogP contribution is 2.26. The summed E-state index contributed by atoms with van der Waals surface area (Å²) in [6, 6.07) is 7.58. The minimum atomic E-state index is -4.00. The number of ether oxygens (including phenoxy) is 2. The van der Waals surface area contributed by atoms with Gasteiger partial charge in [-0.3, -0.25) is 4.79 Å². The summed E-state index contributed by atoms with van der Waals surface area (Å²) in [6.07, 6.45) is 0.150. The summed E-state index contributed by atoms with van der Waals surface area (Å²) in [4.78, 5) is 25.7. The number of amides is 1. The average molecular weight is 451 g/mol. The van der Waals surface area contributed by atoms with Crippen molar-refractivity contribution in [2.24, 2.45) is 0 Å². The zero-order valence-electron chi connectivity index (χ0n) is 18.0. The minimum absolute atomic E-state index is 0.0450. The molecule has 11 heteroatoms. The predicted octanol–water partition coefficient (Wildman–Crippen LogP) is 1.58. The zero-order chi connectivity index (χ0) is 23.7. The van der Waals surface area contributed by atoms with Crippen molar-refractivity contribution in [3.63, 3.8) is 0 Å². The molecule has 1 amide bonds. The number of rotatable bonds is 10. The van der Waals surface area contributed by atoms with Gasteiger partial charge in [-0.05, 0) is 39.0 Å². The first kappa shape index (κ1) is 25.9. The number of carbonyl (C=O) groups excluding carboxylic acids is 2. The van der Waals surface area contributed by atoms with Gasteiger partial charge in [0.25, 0.3) is 5.91 Å². The molecule has 0 saturated heterocycles. The van der Waals surface area contributed by atoms with E-state index >= 15 is 0 Å². The van der Waals surface area contributed by atoms with Crippen molar-refractivity contribution in [1.29, 1.82) is 10.5 Å². The maximum absolute atomic E-state index is 12.7. The topological polar surface area (TPSA) is 150 Å². The summed E-state index contributed by atoms with van der Waals surface area (Å²) in [5, 5.41) is 17.4. The number of carbonyl (C=O) groups is 2. The molecule has 10 nitrogen and oxygen atoms in total. The van der Waals surface area contributed by atoms with Gasteiger partial charge < -0.3 is 14.4 Å². The molecule has 0 heterocycles. The predicted molar refractivity (Wildman–Crippen MR) is 110 cm³/mol. The van der Waals surface area contributed by atoms with Crippen molar-refractivity contribution < 1.29 is 27.5 Å². The van der Waals surface area contributed by atoms with E-state index in [0.29, 0.717) is 0 Å². The Balaban J connectivity index is 3.00. The molecular weight excluding hydrogens is 424 g/mol. The zero-order valence-corrected chi connectivity index (χ0v) is 18.8. The van der Waals surface area contributed by atoms with Gasteiger partial charge in [-0.15, -0.1) is 0 Å². The Morgan fingerprint density at radius 1 is 1.13 bits per heavy atom. The number of nitrogens with zero attached hydrogens (tertiary/aromatic N) is 3. The smallest absolute Gasteiger partial charge is 0.338 e. The quantitative estimate of drug-likeness (QED) is 0.528. The van der Waals surface area contributed by atoms with Crippen LogP contribution in [0, 0.1) is 22.7 Å². The van der Waals surface area contributed by atoms with Crippen LogP contribution in [0.2, 0.25) is 0 Å². The maximum Gasteiger partial charge on any atom is 0.338 e. The lowest BCUT2D eigenvalue weighted by Gasteiger charge is -2.21. The fraction of sp³-hybridized carbons (Fsp3) is 0.500. The number of nitriles is 2. The Morgan fingerprint density at radius 2 is 1.71 bits per heavy atom. The van der Waals surface area contributed by atoms with E-state index in [9.17, 15) is 18.0 Å². The molecule has 0 saturated carbocycles. The first-order chi connectivity index (χ1) is 14.4. The molecule has 0 aliphatic carbocycles. The van der Waals surface area contributed by atoms with Crippen molar-refractivity contribution in [3.05, 3.63) is 23.8 Å². The number of hydrogen-bond donors (Lipinski definition) is 1. The van der Waals surface area contributed by atoms with Crippen molar-refractivity contribution in [1.82, 2.24) is 9.62 Å². The molecule has 0 aliphatic rings. The Morgan fingerprint density at radius 3 is 2.19 bits per heavy atom. The fourth-order valence-corrected chi connectivity index (χ4v) is 4.12. The SMILES string of the molecule is COc1ccc(C(=O)OCC(=O)N(CCC#N)CCC#N)cc1S(=O)(=O)NC(C)(C)C. The largest absolute Gasteiger partial charge is 0.495 e. The Labute approximate surface area is 182 Å². The van der Waals surface area contributed by atoms with Crippen molar-refractivity contribution >= 4 is 21.9 Å². The molecule has 1 aromatic carbocycles. The van der Waals surface area contributed by atoms with E-state index in [1.165, 1.54) is 24.1 Å². The highest BCUT2D eigenvalue weighted by atomic mass is 32.2. The Bertz CT molecular complexity index is 968. The summed E-state index contributed by atoms with van der Waals surface area (Å²) >= 11 is 0. The molecule has 0 spiro atoms. The third-order valence-electron chi connectivity index (χ3n) is 3.80. The van der Waals surface area contributed by atoms with Crippen LogP contribution in [0.15, 0.2) is 23.1 Å². The molecule has 31 heavy (non-hydrogen) atoms. The molecule has 168 valence electrons. The van der Waals surface area contributed by atoms with Crippen LogP contribution in [-0.2, 0) is 19.6 Å². The van der Waals surface area contributed by atoms with Gasteiger partial charge in [0, 0.05) is 18.6 Å². The van der Waals surface area contributed by atoms with Crippen LogP contribution in [0.3, 0.4) is 0 Å². The van der Waals surface area contributed by atoms with Crippen molar-refractivity contribution in [2.75, 3.05) is 26.8 Å². The molecule has 0 unspecified atom stereocenters. The molecule has 1 rings (SSSR count). The Kier molecular flexibility index (Phi) is 9.43. The summed E-state index contributed by atoms with van der Waals surface area (Å²) in [7, 11) is -2.70. The third-order valence-corrected chi connectivity index (χ3v) is 5.58. The second-order valence-electron chi connectivity index (χ2n) is 7.49. The fourth-order valence-electron chi connectivity index (χ4n) is 2.50. The first-order valence-electron chi connectivity index (χ1n) is 9.36. The number of methoxy groups -OCH3 is 1. The van der Waals surface area contributed by atoms with Gasteiger partial charge in [0.2, 0.25) is 10.0 Å². The van der Waals surface area contributed by atoms with Crippen molar-refractivity contribution in [3.8, 4) is 17.9 Å². The molecule has 1 N–H and O–H groups in total. The lowest BCUT2D eigenvalue weighted by atomic mass is 10.1. The molecule has 0 aromatic heterocycles. The summed E-state index contributed by atoms with van der Waals surface area (Å²) in [5.74, 6) is -1.41. The summed E-state index contributed by atoms with van der Waals surface area (Å²) in [5.41, 5.74) is -0.841. The van der Waals surface area contributed by atoms with E-state index in [0.717, 1.165) is 6.07 Å². The molecule has 1 aromatic rings. The molecule has 0 aliphatic heterocycles. The second-order valence-corrected chi connectivity index (χ2v) is 9.15. The van der Waals surface area contributed by atoms with E-state index in [-0.39, 0.29) is 42.1 Å². The van der Waals surface area contributed by atoms with Gasteiger partial charge in [0.1, 0.15) is 10.6 Å².